The van der Waals surface area contributed by atoms with Crippen LogP contribution in [0.1, 0.15) is 29.2 Å². The van der Waals surface area contributed by atoms with E-state index < -0.39 is 0 Å². The molecule has 154 valence electrons. The molecule has 0 atom stereocenters. The van der Waals surface area contributed by atoms with E-state index in [0.29, 0.717) is 24.5 Å². The monoisotopic (exact) mass is 463 g/mol. The molecule has 30 heavy (non-hydrogen) atoms. The van der Waals surface area contributed by atoms with Crippen LogP contribution in [-0.2, 0) is 24.2 Å². The fourth-order valence-electron chi connectivity index (χ4n) is 3.13. The molecule has 0 bridgehead atoms. The molecule has 0 radical (unpaired) electrons. The number of hydrogen-bond acceptors (Lipinski definition) is 2. The molecule has 0 unspecified atom stereocenters. The van der Waals surface area contributed by atoms with Crippen molar-refractivity contribution in [1.82, 2.24) is 0 Å². The van der Waals surface area contributed by atoms with Gasteiger partial charge in [-0.3, -0.25) is 4.79 Å². The van der Waals surface area contributed by atoms with Crippen molar-refractivity contribution in [3.63, 3.8) is 0 Å². The Morgan fingerprint density at radius 1 is 1.03 bits per heavy atom. The molecular formula is C26H26BrNO2. The Balaban J connectivity index is 1.83. The van der Waals surface area contributed by atoms with Crippen molar-refractivity contribution < 1.29 is 9.53 Å². The number of anilines is 1. The zero-order chi connectivity index (χ0) is 21.3. The molecule has 3 aromatic carbocycles. The van der Waals surface area contributed by atoms with Gasteiger partial charge in [0.1, 0.15) is 12.4 Å². The number of ether oxygens (including phenoxy) is 1. The standard InChI is InChI=1S/C26H26BrNO2/c1-3-4-10-22-16-23(27)17-24(26(22)30-18-21-8-6-5-7-9-21)28-25(29)15-20-13-11-19(2)12-14-20/h3-9,11-14,16-17H,10,15,18H2,1-2H3,(H,28,29)/b4-3+. The lowest BCUT2D eigenvalue weighted by Gasteiger charge is -2.17. The molecule has 0 fully saturated rings. The number of hydrogen-bond donors (Lipinski definition) is 1. The Bertz CT molecular complexity index is 1010. The average molecular weight is 464 g/mol. The molecule has 0 saturated heterocycles. The summed E-state index contributed by atoms with van der Waals surface area (Å²) in [5, 5.41) is 3.05. The summed E-state index contributed by atoms with van der Waals surface area (Å²) in [7, 11) is 0. The van der Waals surface area contributed by atoms with Crippen LogP contribution in [0.3, 0.4) is 0 Å². The van der Waals surface area contributed by atoms with E-state index in [9.17, 15) is 4.79 Å². The van der Waals surface area contributed by atoms with E-state index in [1.165, 1.54) is 5.56 Å². The van der Waals surface area contributed by atoms with Crippen LogP contribution in [0.2, 0.25) is 0 Å². The molecule has 0 aliphatic rings. The quantitative estimate of drug-likeness (QED) is 0.380. The van der Waals surface area contributed by atoms with Crippen LogP contribution in [0.25, 0.3) is 0 Å². The molecule has 3 aromatic rings. The van der Waals surface area contributed by atoms with Crippen molar-refractivity contribution in [2.24, 2.45) is 0 Å². The maximum Gasteiger partial charge on any atom is 0.228 e. The highest BCUT2D eigenvalue weighted by Gasteiger charge is 2.15. The first kappa shape index (κ1) is 21.8. The predicted molar refractivity (Wildman–Crippen MR) is 127 cm³/mol. The first-order chi connectivity index (χ1) is 14.5. The van der Waals surface area contributed by atoms with Crippen molar-refractivity contribution in [1.29, 1.82) is 0 Å². The van der Waals surface area contributed by atoms with E-state index in [4.69, 9.17) is 4.74 Å². The first-order valence-corrected chi connectivity index (χ1v) is 10.8. The van der Waals surface area contributed by atoms with Gasteiger partial charge in [0.15, 0.2) is 0 Å². The second kappa shape index (κ2) is 10.8. The van der Waals surface area contributed by atoms with Gasteiger partial charge in [-0.25, -0.2) is 0 Å². The van der Waals surface area contributed by atoms with E-state index >= 15 is 0 Å². The zero-order valence-electron chi connectivity index (χ0n) is 17.3. The molecule has 0 aromatic heterocycles. The third kappa shape index (κ3) is 6.33. The van der Waals surface area contributed by atoms with Gasteiger partial charge in [-0.15, -0.1) is 0 Å². The second-order valence-electron chi connectivity index (χ2n) is 7.20. The molecule has 0 aliphatic carbocycles. The molecule has 0 heterocycles. The predicted octanol–water partition coefficient (Wildman–Crippen LogP) is 6.64. The Morgan fingerprint density at radius 2 is 1.77 bits per heavy atom. The number of rotatable bonds is 8. The molecule has 3 rings (SSSR count). The maximum absolute atomic E-state index is 12.7. The van der Waals surface area contributed by atoms with Crippen LogP contribution < -0.4 is 10.1 Å². The van der Waals surface area contributed by atoms with Gasteiger partial charge in [-0.1, -0.05) is 88.2 Å². The summed E-state index contributed by atoms with van der Waals surface area (Å²) >= 11 is 3.57. The van der Waals surface area contributed by atoms with E-state index in [-0.39, 0.29) is 5.91 Å². The molecule has 0 aliphatic heterocycles. The molecule has 0 saturated carbocycles. The fraction of sp³-hybridized carbons (Fsp3) is 0.192. The second-order valence-corrected chi connectivity index (χ2v) is 8.12. The van der Waals surface area contributed by atoms with Gasteiger partial charge in [0.2, 0.25) is 5.91 Å². The van der Waals surface area contributed by atoms with Crippen LogP contribution in [0, 0.1) is 6.92 Å². The maximum atomic E-state index is 12.7. The Labute approximate surface area is 186 Å². The fourth-order valence-corrected chi connectivity index (χ4v) is 3.63. The van der Waals surface area contributed by atoms with Gasteiger partial charge in [0.05, 0.1) is 12.1 Å². The van der Waals surface area contributed by atoms with Crippen molar-refractivity contribution in [2.45, 2.75) is 33.3 Å². The smallest absolute Gasteiger partial charge is 0.228 e. The van der Waals surface area contributed by atoms with Crippen molar-refractivity contribution >= 4 is 27.5 Å². The summed E-state index contributed by atoms with van der Waals surface area (Å²) in [6, 6.07) is 22.0. The lowest BCUT2D eigenvalue weighted by molar-refractivity contribution is -0.115. The molecular weight excluding hydrogens is 438 g/mol. The summed E-state index contributed by atoms with van der Waals surface area (Å²) in [5.74, 6) is 0.635. The lowest BCUT2D eigenvalue weighted by atomic mass is 10.1. The summed E-state index contributed by atoms with van der Waals surface area (Å²) < 4.78 is 7.11. The normalized spacial score (nSPS) is 10.9. The topological polar surface area (TPSA) is 38.3 Å². The van der Waals surface area contributed by atoms with Gasteiger partial charge in [-0.05, 0) is 43.5 Å². The number of amides is 1. The highest BCUT2D eigenvalue weighted by Crippen LogP contribution is 2.34. The number of aryl methyl sites for hydroxylation is 1. The van der Waals surface area contributed by atoms with Crippen molar-refractivity contribution in [3.8, 4) is 5.75 Å². The van der Waals surface area contributed by atoms with Crippen LogP contribution in [0.4, 0.5) is 5.69 Å². The number of nitrogens with one attached hydrogen (secondary N) is 1. The summed E-state index contributed by atoms with van der Waals surface area (Å²) in [6.07, 6.45) is 5.13. The molecule has 3 nitrogen and oxygen atoms in total. The van der Waals surface area contributed by atoms with Crippen LogP contribution in [0.5, 0.6) is 5.75 Å². The van der Waals surface area contributed by atoms with E-state index in [1.54, 1.807) is 0 Å². The first-order valence-electron chi connectivity index (χ1n) is 10.0. The number of benzene rings is 3. The minimum atomic E-state index is -0.0708. The molecule has 4 heteroatoms. The Hall–Kier alpha value is -2.85. The van der Waals surface area contributed by atoms with E-state index in [2.05, 4.69) is 27.3 Å². The minimum Gasteiger partial charge on any atom is -0.486 e. The van der Waals surface area contributed by atoms with Crippen LogP contribution in [-0.4, -0.2) is 5.91 Å². The Kier molecular flexibility index (Phi) is 7.86. The summed E-state index contributed by atoms with van der Waals surface area (Å²) in [5.41, 5.74) is 4.93. The molecule has 1 N–H and O–H groups in total. The number of halogens is 1. The summed E-state index contributed by atoms with van der Waals surface area (Å²) in [6.45, 7) is 4.47. The molecule has 0 spiro atoms. The van der Waals surface area contributed by atoms with Gasteiger partial charge < -0.3 is 10.1 Å². The number of allylic oxidation sites excluding steroid dienone is 2. The Morgan fingerprint density at radius 3 is 2.47 bits per heavy atom. The number of carbonyl (C=O) groups is 1. The van der Waals surface area contributed by atoms with Crippen LogP contribution >= 0.6 is 15.9 Å². The van der Waals surface area contributed by atoms with E-state index in [0.717, 1.165) is 27.6 Å². The van der Waals surface area contributed by atoms with Gasteiger partial charge >= 0.3 is 0 Å². The lowest BCUT2D eigenvalue weighted by Crippen LogP contribution is -2.16. The number of carbonyl (C=O) groups excluding carboxylic acids is 1. The van der Waals surface area contributed by atoms with Crippen molar-refractivity contribution in [2.75, 3.05) is 5.32 Å². The third-order valence-corrected chi connectivity index (χ3v) is 5.15. The average Bonchev–Trinajstić information content (AvgIpc) is 2.73. The zero-order valence-corrected chi connectivity index (χ0v) is 18.9. The van der Waals surface area contributed by atoms with Gasteiger partial charge in [0.25, 0.3) is 0 Å². The van der Waals surface area contributed by atoms with Crippen molar-refractivity contribution in [3.05, 3.63) is 106 Å². The highest BCUT2D eigenvalue weighted by atomic mass is 79.9. The SMILES string of the molecule is C/C=C/Cc1cc(Br)cc(NC(=O)Cc2ccc(C)cc2)c1OCc1ccccc1. The largest absolute Gasteiger partial charge is 0.486 e. The van der Waals surface area contributed by atoms with E-state index in [1.807, 2.05) is 86.7 Å². The highest BCUT2D eigenvalue weighted by molar-refractivity contribution is 9.10. The van der Waals surface area contributed by atoms with Gasteiger partial charge in [-0.2, -0.15) is 0 Å². The minimum absolute atomic E-state index is 0.0708. The van der Waals surface area contributed by atoms with Crippen LogP contribution in [0.15, 0.2) is 83.4 Å². The molecule has 1 amide bonds. The summed E-state index contributed by atoms with van der Waals surface area (Å²) in [4.78, 5) is 12.7. The van der Waals surface area contributed by atoms with Gasteiger partial charge in [0, 0.05) is 10.0 Å². The third-order valence-electron chi connectivity index (χ3n) is 4.69.